The number of hydrogen-bond acceptors (Lipinski definition) is 4. The Kier molecular flexibility index (Phi) is 5.88. The summed E-state index contributed by atoms with van der Waals surface area (Å²) in [5, 5.41) is 9.11. The topological polar surface area (TPSA) is 63.2 Å². The quantitative estimate of drug-likeness (QED) is 0.415. The van der Waals surface area contributed by atoms with Crippen LogP contribution in [0.5, 0.6) is 0 Å². The molecule has 0 fully saturated rings. The number of benzene rings is 1. The monoisotopic (exact) mass is 363 g/mol. The number of ether oxygens (including phenoxy) is 1. The lowest BCUT2D eigenvalue weighted by Crippen LogP contribution is -2.15. The van der Waals surface area contributed by atoms with Crippen LogP contribution in [-0.4, -0.2) is 12.1 Å². The van der Waals surface area contributed by atoms with Gasteiger partial charge in [0, 0.05) is 11.6 Å². The lowest BCUT2D eigenvalue weighted by molar-refractivity contribution is -0.143. The van der Waals surface area contributed by atoms with Crippen LogP contribution in [0.15, 0.2) is 46.4 Å². The Hall–Kier alpha value is -3.01. The van der Waals surface area contributed by atoms with E-state index in [1.807, 2.05) is 6.92 Å². The van der Waals surface area contributed by atoms with Crippen molar-refractivity contribution >= 4 is 12.0 Å². The number of rotatable bonds is 5. The summed E-state index contributed by atoms with van der Waals surface area (Å²) >= 11 is 0. The smallest absolute Gasteiger partial charge is 0.416 e. The molecule has 1 aromatic carbocycles. The summed E-state index contributed by atoms with van der Waals surface area (Å²) in [5.74, 6) is -0.427. The summed E-state index contributed by atoms with van der Waals surface area (Å²) < 4.78 is 48.9. The van der Waals surface area contributed by atoms with Crippen LogP contribution in [0.2, 0.25) is 0 Å². The lowest BCUT2D eigenvalue weighted by atomic mass is 10.1. The Morgan fingerprint density at radius 1 is 1.35 bits per heavy atom. The zero-order valence-electron chi connectivity index (χ0n) is 14.1. The third-order valence-electron chi connectivity index (χ3n) is 3.61. The number of halogens is 3. The number of carbonyl (C=O) groups excluding carboxylic acids is 1. The van der Waals surface area contributed by atoms with Crippen molar-refractivity contribution in [2.45, 2.75) is 32.5 Å². The minimum Gasteiger partial charge on any atom is -0.459 e. The molecule has 1 atom stereocenters. The molecule has 0 radical (unpaired) electrons. The standard InChI is InChI=1S/C19H16F3NO3/c1-3-12(2)25-18(24)14(11-23)10-16-7-8-17(26-16)13-5-4-6-15(9-13)19(20,21)22/h4-10,12H,3H2,1-2H3/b14-10+/t12-/m0/s1. The molecule has 0 aliphatic heterocycles. The van der Waals surface area contributed by atoms with Crippen molar-refractivity contribution in [1.29, 1.82) is 5.26 Å². The Balaban J connectivity index is 2.27. The fourth-order valence-corrected chi connectivity index (χ4v) is 2.04. The summed E-state index contributed by atoms with van der Waals surface area (Å²) in [6.07, 6.45) is -3.00. The number of esters is 1. The van der Waals surface area contributed by atoms with Gasteiger partial charge in [0.15, 0.2) is 0 Å². The van der Waals surface area contributed by atoms with Crippen LogP contribution in [0.1, 0.15) is 31.6 Å². The molecule has 0 unspecified atom stereocenters. The fourth-order valence-electron chi connectivity index (χ4n) is 2.04. The molecule has 1 aromatic heterocycles. The highest BCUT2D eigenvalue weighted by Crippen LogP contribution is 2.32. The molecule has 2 aromatic rings. The number of nitrogens with zero attached hydrogens (tertiary/aromatic N) is 1. The van der Waals surface area contributed by atoms with Crippen LogP contribution in [-0.2, 0) is 15.7 Å². The normalized spacial score (nSPS) is 13.2. The first-order valence-electron chi connectivity index (χ1n) is 7.84. The van der Waals surface area contributed by atoms with Crippen molar-refractivity contribution < 1.29 is 27.1 Å². The second-order valence-electron chi connectivity index (χ2n) is 5.57. The van der Waals surface area contributed by atoms with E-state index in [2.05, 4.69) is 0 Å². The van der Waals surface area contributed by atoms with E-state index in [9.17, 15) is 18.0 Å². The average Bonchev–Trinajstić information content (AvgIpc) is 3.07. The predicted octanol–water partition coefficient (Wildman–Crippen LogP) is 5.21. The van der Waals surface area contributed by atoms with Crippen LogP contribution in [0, 0.1) is 11.3 Å². The number of nitriles is 1. The predicted molar refractivity (Wildman–Crippen MR) is 88.6 cm³/mol. The molecular weight excluding hydrogens is 347 g/mol. The van der Waals surface area contributed by atoms with E-state index in [4.69, 9.17) is 14.4 Å². The Labute approximate surface area is 148 Å². The van der Waals surface area contributed by atoms with Gasteiger partial charge in [0.2, 0.25) is 0 Å². The van der Waals surface area contributed by atoms with Crippen LogP contribution in [0.25, 0.3) is 17.4 Å². The molecule has 0 aliphatic carbocycles. The SMILES string of the molecule is CC[C@H](C)OC(=O)/C(C#N)=C/c1ccc(-c2cccc(C(F)(F)F)c2)o1. The van der Waals surface area contributed by atoms with Crippen molar-refractivity contribution in [1.82, 2.24) is 0 Å². The first-order valence-corrected chi connectivity index (χ1v) is 7.84. The maximum Gasteiger partial charge on any atom is 0.416 e. The first-order chi connectivity index (χ1) is 12.2. The average molecular weight is 363 g/mol. The molecule has 26 heavy (non-hydrogen) atoms. The largest absolute Gasteiger partial charge is 0.459 e. The van der Waals surface area contributed by atoms with Crippen molar-refractivity contribution in [3.8, 4) is 17.4 Å². The highest BCUT2D eigenvalue weighted by atomic mass is 19.4. The molecule has 1 heterocycles. The summed E-state index contributed by atoms with van der Waals surface area (Å²) in [6.45, 7) is 3.53. The summed E-state index contributed by atoms with van der Waals surface area (Å²) in [5.41, 5.74) is -0.811. The molecule has 4 nitrogen and oxygen atoms in total. The Morgan fingerprint density at radius 2 is 2.08 bits per heavy atom. The maximum absolute atomic E-state index is 12.8. The molecule has 2 rings (SSSR count). The number of hydrogen-bond donors (Lipinski definition) is 0. The zero-order valence-corrected chi connectivity index (χ0v) is 14.1. The van der Waals surface area contributed by atoms with Gasteiger partial charge in [-0.3, -0.25) is 0 Å². The fraction of sp³-hybridized carbons (Fsp3) is 0.263. The van der Waals surface area contributed by atoms with Crippen molar-refractivity contribution in [2.75, 3.05) is 0 Å². The van der Waals surface area contributed by atoms with Crippen LogP contribution < -0.4 is 0 Å². The molecule has 0 saturated heterocycles. The molecule has 0 spiro atoms. The van der Waals surface area contributed by atoms with Crippen LogP contribution in [0.4, 0.5) is 13.2 Å². The molecule has 0 saturated carbocycles. The van der Waals surface area contributed by atoms with Gasteiger partial charge in [-0.1, -0.05) is 19.1 Å². The van der Waals surface area contributed by atoms with Gasteiger partial charge in [0.1, 0.15) is 23.2 Å². The summed E-state index contributed by atoms with van der Waals surface area (Å²) in [6, 6.07) is 9.35. The maximum atomic E-state index is 12.8. The molecular formula is C19H16F3NO3. The molecule has 0 amide bonds. The highest BCUT2D eigenvalue weighted by molar-refractivity contribution is 5.97. The summed E-state index contributed by atoms with van der Waals surface area (Å²) in [7, 11) is 0. The van der Waals surface area contributed by atoms with Gasteiger partial charge < -0.3 is 9.15 Å². The third kappa shape index (κ3) is 4.76. The second kappa shape index (κ2) is 7.91. The third-order valence-corrected chi connectivity index (χ3v) is 3.61. The second-order valence-corrected chi connectivity index (χ2v) is 5.57. The van der Waals surface area contributed by atoms with E-state index in [1.165, 1.54) is 30.3 Å². The van der Waals surface area contributed by atoms with Crippen molar-refractivity contribution in [2.24, 2.45) is 0 Å². The van der Waals surface area contributed by atoms with Gasteiger partial charge in [-0.2, -0.15) is 18.4 Å². The number of alkyl halides is 3. The first kappa shape index (κ1) is 19.3. The number of furan rings is 1. The molecule has 7 heteroatoms. The van der Waals surface area contributed by atoms with Gasteiger partial charge in [0.05, 0.1) is 11.7 Å². The van der Waals surface area contributed by atoms with Gasteiger partial charge in [-0.25, -0.2) is 4.79 Å². The van der Waals surface area contributed by atoms with E-state index >= 15 is 0 Å². The van der Waals surface area contributed by atoms with E-state index in [1.54, 1.807) is 13.0 Å². The molecule has 0 aliphatic rings. The molecule has 0 bridgehead atoms. The van der Waals surface area contributed by atoms with Crippen LogP contribution in [0.3, 0.4) is 0 Å². The van der Waals surface area contributed by atoms with E-state index in [0.29, 0.717) is 6.42 Å². The van der Waals surface area contributed by atoms with Gasteiger partial charge >= 0.3 is 12.1 Å². The van der Waals surface area contributed by atoms with Crippen molar-refractivity contribution in [3.63, 3.8) is 0 Å². The highest BCUT2D eigenvalue weighted by Gasteiger charge is 2.30. The van der Waals surface area contributed by atoms with Crippen molar-refractivity contribution in [3.05, 3.63) is 53.3 Å². The minimum absolute atomic E-state index is 0.162. The van der Waals surface area contributed by atoms with E-state index < -0.39 is 17.7 Å². The van der Waals surface area contributed by atoms with E-state index in [0.717, 1.165) is 12.1 Å². The molecule has 0 N–H and O–H groups in total. The summed E-state index contributed by atoms with van der Waals surface area (Å²) in [4.78, 5) is 11.9. The molecule has 136 valence electrons. The zero-order chi connectivity index (χ0) is 19.3. The Morgan fingerprint density at radius 3 is 2.69 bits per heavy atom. The Bertz CT molecular complexity index is 859. The van der Waals surface area contributed by atoms with E-state index in [-0.39, 0.29) is 28.8 Å². The van der Waals surface area contributed by atoms with Gasteiger partial charge in [-0.05, 0) is 37.6 Å². The lowest BCUT2D eigenvalue weighted by Gasteiger charge is -2.09. The van der Waals surface area contributed by atoms with Gasteiger partial charge in [-0.15, -0.1) is 0 Å². The van der Waals surface area contributed by atoms with Gasteiger partial charge in [0.25, 0.3) is 0 Å². The van der Waals surface area contributed by atoms with Crippen LogP contribution >= 0.6 is 0 Å². The minimum atomic E-state index is -4.46. The number of carbonyl (C=O) groups is 1.